The first-order valence-corrected chi connectivity index (χ1v) is 16.3. The van der Waals surface area contributed by atoms with Crippen molar-refractivity contribution in [3.8, 4) is 0 Å². The van der Waals surface area contributed by atoms with Gasteiger partial charge in [-0.3, -0.25) is 14.4 Å². The zero-order chi connectivity index (χ0) is 27.5. The van der Waals surface area contributed by atoms with Crippen LogP contribution >= 0.6 is 0 Å². The Bertz CT molecular complexity index is 1240. The lowest BCUT2D eigenvalue weighted by Gasteiger charge is -2.31. The van der Waals surface area contributed by atoms with Crippen LogP contribution in [0.5, 0.6) is 0 Å². The van der Waals surface area contributed by atoms with Crippen molar-refractivity contribution in [2.45, 2.75) is 48.3 Å². The molecule has 0 aromatic heterocycles. The van der Waals surface area contributed by atoms with Crippen LogP contribution < -0.4 is 5.32 Å². The third-order valence-corrected chi connectivity index (χ3v) is 11.0. The Morgan fingerprint density at radius 3 is 2.29 bits per heavy atom. The third-order valence-electron chi connectivity index (χ3n) is 7.39. The fourth-order valence-corrected chi connectivity index (χ4v) is 8.52. The van der Waals surface area contributed by atoms with E-state index in [4.69, 9.17) is 4.74 Å². The van der Waals surface area contributed by atoms with Gasteiger partial charge >= 0.3 is 0 Å². The van der Waals surface area contributed by atoms with Crippen LogP contribution in [-0.2, 0) is 39.0 Å². The SMILES string of the molecule is CS(=O)(=O)C(C1CC1)C(CC(=O)N1CCOCC1)C(=O)NC1CCCN(S(=O)(=O)c2ccccc2)CC1=O. The molecule has 1 saturated carbocycles. The van der Waals surface area contributed by atoms with Gasteiger partial charge in [-0.15, -0.1) is 0 Å². The van der Waals surface area contributed by atoms with Crippen LogP contribution in [0.2, 0.25) is 0 Å². The minimum absolute atomic E-state index is 0.0809. The number of ether oxygens (including phenoxy) is 1. The maximum atomic E-state index is 13.6. The molecule has 0 spiro atoms. The average molecular weight is 570 g/mol. The van der Waals surface area contributed by atoms with Crippen LogP contribution in [0.15, 0.2) is 35.2 Å². The van der Waals surface area contributed by atoms with Crippen LogP contribution in [0.4, 0.5) is 0 Å². The molecule has 210 valence electrons. The van der Waals surface area contributed by atoms with E-state index in [1.165, 1.54) is 12.1 Å². The van der Waals surface area contributed by atoms with E-state index in [1.54, 1.807) is 23.1 Å². The number of nitrogens with one attached hydrogen (secondary N) is 1. The van der Waals surface area contributed by atoms with Crippen molar-refractivity contribution >= 4 is 37.5 Å². The molecule has 4 rings (SSSR count). The number of hydrogen-bond acceptors (Lipinski definition) is 8. The summed E-state index contributed by atoms with van der Waals surface area (Å²) in [6, 6.07) is 6.85. The van der Waals surface area contributed by atoms with E-state index in [9.17, 15) is 31.2 Å². The van der Waals surface area contributed by atoms with E-state index in [0.717, 1.165) is 10.6 Å². The molecule has 3 aliphatic rings. The number of rotatable bonds is 9. The number of benzene rings is 1. The summed E-state index contributed by atoms with van der Waals surface area (Å²) in [6.07, 6.45) is 2.65. The van der Waals surface area contributed by atoms with E-state index in [0.29, 0.717) is 45.6 Å². The molecule has 3 unspecified atom stereocenters. The zero-order valence-electron chi connectivity index (χ0n) is 21.5. The standard InChI is InChI=1S/C25H35N3O8S2/c1-37(32,33)24(18-9-10-18)20(16-23(30)27-12-14-36-15-13-27)25(31)26-21-8-5-11-28(17-22(21)29)38(34,35)19-6-3-2-4-7-19/h2-4,6-7,18,20-21,24H,5,8-17H2,1H3,(H,26,31). The summed E-state index contributed by atoms with van der Waals surface area (Å²) in [4.78, 5) is 41.4. The molecular formula is C25H35N3O8S2. The van der Waals surface area contributed by atoms with Gasteiger partial charge in [-0.25, -0.2) is 16.8 Å². The Kier molecular flexibility index (Phi) is 8.90. The van der Waals surface area contributed by atoms with Crippen molar-refractivity contribution in [3.05, 3.63) is 30.3 Å². The summed E-state index contributed by atoms with van der Waals surface area (Å²) < 4.78 is 58.0. The minimum atomic E-state index is -3.89. The highest BCUT2D eigenvalue weighted by molar-refractivity contribution is 7.91. The van der Waals surface area contributed by atoms with E-state index in [1.807, 2.05) is 0 Å². The monoisotopic (exact) mass is 569 g/mol. The molecule has 2 heterocycles. The summed E-state index contributed by atoms with van der Waals surface area (Å²) in [5, 5.41) is 1.67. The van der Waals surface area contributed by atoms with E-state index >= 15 is 0 Å². The lowest BCUT2D eigenvalue weighted by atomic mass is 9.94. The highest BCUT2D eigenvalue weighted by Crippen LogP contribution is 2.41. The lowest BCUT2D eigenvalue weighted by molar-refractivity contribution is -0.140. The van der Waals surface area contributed by atoms with Gasteiger partial charge in [-0.05, 0) is 43.7 Å². The van der Waals surface area contributed by atoms with Crippen LogP contribution in [0.3, 0.4) is 0 Å². The van der Waals surface area contributed by atoms with Crippen molar-refractivity contribution in [2.24, 2.45) is 11.8 Å². The molecule has 2 aliphatic heterocycles. The number of amides is 2. The number of Topliss-reactive ketones (excluding diaryl/α,β-unsaturated/α-hetero) is 1. The number of sulfonamides is 1. The van der Waals surface area contributed by atoms with Gasteiger partial charge in [0.25, 0.3) is 0 Å². The Morgan fingerprint density at radius 1 is 1.03 bits per heavy atom. The van der Waals surface area contributed by atoms with E-state index < -0.39 is 55.3 Å². The Morgan fingerprint density at radius 2 is 1.68 bits per heavy atom. The second-order valence-corrected chi connectivity index (χ2v) is 14.4. The van der Waals surface area contributed by atoms with Gasteiger partial charge in [0.15, 0.2) is 15.6 Å². The zero-order valence-corrected chi connectivity index (χ0v) is 23.1. The van der Waals surface area contributed by atoms with Crippen molar-refractivity contribution in [1.82, 2.24) is 14.5 Å². The number of nitrogens with zero attached hydrogens (tertiary/aromatic N) is 2. The molecule has 1 N–H and O–H groups in total. The number of carbonyl (C=O) groups is 3. The molecule has 11 nitrogen and oxygen atoms in total. The summed E-state index contributed by atoms with van der Waals surface area (Å²) in [6.45, 7) is 1.19. The van der Waals surface area contributed by atoms with Gasteiger partial charge in [0.2, 0.25) is 21.8 Å². The topological polar surface area (TPSA) is 147 Å². The Labute approximate surface area is 223 Å². The number of morpholine rings is 1. The van der Waals surface area contributed by atoms with Crippen LogP contribution in [0.1, 0.15) is 32.1 Å². The number of ketones is 1. The Hall–Kier alpha value is -2.35. The lowest BCUT2D eigenvalue weighted by Crippen LogP contribution is -2.51. The highest BCUT2D eigenvalue weighted by atomic mass is 32.2. The van der Waals surface area contributed by atoms with Gasteiger partial charge < -0.3 is 15.0 Å². The maximum absolute atomic E-state index is 13.6. The summed E-state index contributed by atoms with van der Waals surface area (Å²) in [5.41, 5.74) is 0. The molecule has 3 atom stereocenters. The van der Waals surface area contributed by atoms with Gasteiger partial charge in [-0.1, -0.05) is 18.2 Å². The smallest absolute Gasteiger partial charge is 0.243 e. The average Bonchev–Trinajstić information content (AvgIpc) is 3.73. The molecule has 38 heavy (non-hydrogen) atoms. The minimum Gasteiger partial charge on any atom is -0.378 e. The highest BCUT2D eigenvalue weighted by Gasteiger charge is 2.47. The molecule has 1 aromatic rings. The first-order chi connectivity index (χ1) is 18.0. The van der Waals surface area contributed by atoms with Crippen LogP contribution in [-0.4, -0.2) is 101 Å². The van der Waals surface area contributed by atoms with Gasteiger partial charge in [-0.2, -0.15) is 4.31 Å². The maximum Gasteiger partial charge on any atom is 0.243 e. The third kappa shape index (κ3) is 6.80. The number of carbonyl (C=O) groups excluding carboxylic acids is 3. The van der Waals surface area contributed by atoms with Crippen LogP contribution in [0, 0.1) is 11.8 Å². The van der Waals surface area contributed by atoms with Gasteiger partial charge in [0, 0.05) is 32.3 Å². The molecule has 2 amide bonds. The molecule has 13 heteroatoms. The molecule has 0 bridgehead atoms. The molecule has 2 saturated heterocycles. The van der Waals surface area contributed by atoms with Crippen molar-refractivity contribution in [3.63, 3.8) is 0 Å². The number of hydrogen-bond donors (Lipinski definition) is 1. The first-order valence-electron chi connectivity index (χ1n) is 12.9. The summed E-state index contributed by atoms with van der Waals surface area (Å²) >= 11 is 0. The predicted octanol–water partition coefficient (Wildman–Crippen LogP) is 0.213. The second-order valence-electron chi connectivity index (χ2n) is 10.3. The molecule has 1 aromatic carbocycles. The predicted molar refractivity (Wildman–Crippen MR) is 138 cm³/mol. The second kappa shape index (κ2) is 11.8. The van der Waals surface area contributed by atoms with Crippen molar-refractivity contribution < 1.29 is 36.0 Å². The first kappa shape index (κ1) is 28.7. The normalized spacial score (nSPS) is 23.3. The van der Waals surface area contributed by atoms with E-state index in [-0.39, 0.29) is 36.1 Å². The fraction of sp³-hybridized carbons (Fsp3) is 0.640. The van der Waals surface area contributed by atoms with Gasteiger partial charge in [0.05, 0.1) is 41.9 Å². The number of sulfone groups is 1. The quantitative estimate of drug-likeness (QED) is 0.444. The summed E-state index contributed by atoms with van der Waals surface area (Å²) in [7, 11) is -7.56. The molecular weight excluding hydrogens is 534 g/mol. The van der Waals surface area contributed by atoms with Crippen LogP contribution in [0.25, 0.3) is 0 Å². The molecule has 3 fully saturated rings. The fourth-order valence-electron chi connectivity index (χ4n) is 5.26. The van der Waals surface area contributed by atoms with Gasteiger partial charge in [0.1, 0.15) is 0 Å². The molecule has 1 aliphatic carbocycles. The van der Waals surface area contributed by atoms with Crippen molar-refractivity contribution in [2.75, 3.05) is 45.6 Å². The van der Waals surface area contributed by atoms with E-state index in [2.05, 4.69) is 5.32 Å². The molecule has 0 radical (unpaired) electrons. The summed E-state index contributed by atoms with van der Waals surface area (Å²) in [5.74, 6) is -2.82. The largest absolute Gasteiger partial charge is 0.378 e. The van der Waals surface area contributed by atoms with Crippen molar-refractivity contribution in [1.29, 1.82) is 0 Å². The Balaban J connectivity index is 1.50.